The van der Waals surface area contributed by atoms with Gasteiger partial charge in [0.05, 0.1) is 5.02 Å². The molecule has 2 heterocycles. The third kappa shape index (κ3) is 3.65. The lowest BCUT2D eigenvalue weighted by atomic mass is 10.2. The van der Waals surface area contributed by atoms with Crippen molar-refractivity contribution in [1.29, 1.82) is 0 Å². The van der Waals surface area contributed by atoms with Gasteiger partial charge in [-0.05, 0) is 54.6 Å². The van der Waals surface area contributed by atoms with Crippen LogP contribution in [0.2, 0.25) is 10.0 Å². The van der Waals surface area contributed by atoms with Gasteiger partial charge in [0.2, 0.25) is 5.90 Å². The zero-order chi connectivity index (χ0) is 19.0. The molecule has 7 heteroatoms. The second-order valence-electron chi connectivity index (χ2n) is 5.67. The summed E-state index contributed by atoms with van der Waals surface area (Å²) in [5.41, 5.74) is 1.26. The van der Waals surface area contributed by atoms with Gasteiger partial charge in [0.25, 0.3) is 0 Å². The quantitative estimate of drug-likeness (QED) is 0.415. The summed E-state index contributed by atoms with van der Waals surface area (Å²) in [5, 5.41) is 0.974. The molecule has 134 valence electrons. The average molecular weight is 402 g/mol. The van der Waals surface area contributed by atoms with Gasteiger partial charge >= 0.3 is 5.97 Å². The van der Waals surface area contributed by atoms with E-state index in [0.29, 0.717) is 32.7 Å². The number of cyclic esters (lactones) is 1. The largest absolute Gasteiger partial charge is 0.457 e. The topological polar surface area (TPSA) is 51.8 Å². The highest BCUT2D eigenvalue weighted by Crippen LogP contribution is 2.32. The number of esters is 1. The van der Waals surface area contributed by atoms with Crippen LogP contribution in [0.3, 0.4) is 0 Å². The second-order valence-corrected chi connectivity index (χ2v) is 6.51. The number of hydrogen-bond acceptors (Lipinski definition) is 4. The molecule has 4 nitrogen and oxygen atoms in total. The fourth-order valence-electron chi connectivity index (χ4n) is 2.52. The first kappa shape index (κ1) is 17.5. The number of ether oxygens (including phenoxy) is 1. The molecule has 1 aliphatic rings. The molecule has 0 aliphatic carbocycles. The van der Waals surface area contributed by atoms with E-state index in [9.17, 15) is 9.18 Å². The number of halogens is 3. The minimum Gasteiger partial charge on any atom is -0.457 e. The number of aliphatic imine (C=N–C) groups is 1. The van der Waals surface area contributed by atoms with Crippen molar-refractivity contribution in [3.05, 3.63) is 87.5 Å². The number of carbonyl (C=O) groups excluding carboxylic acids is 1. The Morgan fingerprint density at radius 1 is 1.00 bits per heavy atom. The smallest absolute Gasteiger partial charge is 0.363 e. The van der Waals surface area contributed by atoms with Gasteiger partial charge in [0, 0.05) is 22.2 Å². The normalized spacial score (nSPS) is 15.1. The first-order valence-electron chi connectivity index (χ1n) is 7.83. The molecule has 27 heavy (non-hydrogen) atoms. The van der Waals surface area contributed by atoms with E-state index in [1.54, 1.807) is 30.3 Å². The Hall–Kier alpha value is -2.89. The molecular weight excluding hydrogens is 392 g/mol. The number of benzene rings is 2. The Balaban J connectivity index is 1.63. The van der Waals surface area contributed by atoms with Gasteiger partial charge in [0.15, 0.2) is 5.70 Å². The van der Waals surface area contributed by atoms with Crippen molar-refractivity contribution in [3.8, 4) is 11.3 Å². The Kier molecular flexibility index (Phi) is 4.56. The van der Waals surface area contributed by atoms with E-state index in [0.717, 1.165) is 0 Å². The molecule has 2 aromatic carbocycles. The van der Waals surface area contributed by atoms with Crippen LogP contribution < -0.4 is 0 Å². The van der Waals surface area contributed by atoms with Gasteiger partial charge in [-0.15, -0.1) is 0 Å². The highest BCUT2D eigenvalue weighted by atomic mass is 35.5. The Bertz CT molecular complexity index is 1100. The zero-order valence-electron chi connectivity index (χ0n) is 13.6. The van der Waals surface area contributed by atoms with Gasteiger partial charge in [0.1, 0.15) is 17.3 Å². The predicted molar refractivity (Wildman–Crippen MR) is 101 cm³/mol. The lowest BCUT2D eigenvalue weighted by Crippen LogP contribution is -2.05. The van der Waals surface area contributed by atoms with Crippen molar-refractivity contribution in [2.45, 2.75) is 0 Å². The Labute approximate surface area is 163 Å². The summed E-state index contributed by atoms with van der Waals surface area (Å²) in [5.74, 6) is 0.0451. The fraction of sp³-hybridized carbons (Fsp3) is 0. The molecule has 1 aliphatic heterocycles. The first-order valence-corrected chi connectivity index (χ1v) is 8.59. The molecule has 0 bridgehead atoms. The van der Waals surface area contributed by atoms with E-state index in [1.807, 2.05) is 0 Å². The maximum atomic E-state index is 13.0. The van der Waals surface area contributed by atoms with Crippen LogP contribution in [-0.2, 0) is 9.53 Å². The van der Waals surface area contributed by atoms with Crippen LogP contribution in [-0.4, -0.2) is 11.9 Å². The molecular formula is C20H10Cl2FNO3. The monoisotopic (exact) mass is 401 g/mol. The van der Waals surface area contributed by atoms with Crippen LogP contribution >= 0.6 is 23.2 Å². The van der Waals surface area contributed by atoms with Gasteiger partial charge in [-0.2, -0.15) is 0 Å². The lowest BCUT2D eigenvalue weighted by Gasteiger charge is -2.00. The molecule has 3 aromatic rings. The SMILES string of the molecule is O=C1OC(c2ccc(F)cc2)=N/C1=C/c1ccc(-c2ccc(Cl)cc2Cl)o1. The van der Waals surface area contributed by atoms with E-state index < -0.39 is 5.97 Å². The number of nitrogens with zero attached hydrogens (tertiary/aromatic N) is 1. The summed E-state index contributed by atoms with van der Waals surface area (Å²) < 4.78 is 23.9. The minimum atomic E-state index is -0.614. The van der Waals surface area contributed by atoms with Crippen molar-refractivity contribution >= 4 is 41.1 Å². The average Bonchev–Trinajstić information content (AvgIpc) is 3.23. The fourth-order valence-corrected chi connectivity index (χ4v) is 3.03. The van der Waals surface area contributed by atoms with E-state index in [1.165, 1.54) is 30.3 Å². The third-order valence-corrected chi connectivity index (χ3v) is 4.36. The zero-order valence-corrected chi connectivity index (χ0v) is 15.1. The standard InChI is InChI=1S/C20H10Cl2FNO3/c21-12-3-7-15(16(22)9-12)18-8-6-14(26-18)10-17-20(25)27-19(24-17)11-1-4-13(23)5-2-11/h1-10H/b17-10+. The van der Waals surface area contributed by atoms with Crippen LogP contribution in [0.25, 0.3) is 17.4 Å². The molecule has 1 aromatic heterocycles. The number of furan rings is 1. The highest BCUT2D eigenvalue weighted by molar-refractivity contribution is 6.36. The Morgan fingerprint density at radius 3 is 2.52 bits per heavy atom. The van der Waals surface area contributed by atoms with Gasteiger partial charge in [-0.25, -0.2) is 14.2 Å². The van der Waals surface area contributed by atoms with Gasteiger partial charge in [-0.3, -0.25) is 0 Å². The summed E-state index contributed by atoms with van der Waals surface area (Å²) in [6.07, 6.45) is 1.46. The molecule has 4 rings (SSSR count). The van der Waals surface area contributed by atoms with Crippen LogP contribution in [0.4, 0.5) is 4.39 Å². The van der Waals surface area contributed by atoms with E-state index in [2.05, 4.69) is 4.99 Å². The molecule has 0 saturated carbocycles. The van der Waals surface area contributed by atoms with Crippen molar-refractivity contribution in [2.24, 2.45) is 4.99 Å². The van der Waals surface area contributed by atoms with E-state index in [4.69, 9.17) is 32.4 Å². The number of hydrogen-bond donors (Lipinski definition) is 0. The molecule has 0 radical (unpaired) electrons. The van der Waals surface area contributed by atoms with Gasteiger partial charge < -0.3 is 9.15 Å². The summed E-state index contributed by atoms with van der Waals surface area (Å²) in [4.78, 5) is 16.2. The maximum Gasteiger partial charge on any atom is 0.363 e. The van der Waals surface area contributed by atoms with Crippen LogP contribution in [0.1, 0.15) is 11.3 Å². The van der Waals surface area contributed by atoms with Crippen LogP contribution in [0.5, 0.6) is 0 Å². The predicted octanol–water partition coefficient (Wildman–Crippen LogP) is 5.74. The molecule has 0 N–H and O–H groups in total. The van der Waals surface area contributed by atoms with E-state index in [-0.39, 0.29) is 17.4 Å². The van der Waals surface area contributed by atoms with Gasteiger partial charge in [-0.1, -0.05) is 23.2 Å². The Morgan fingerprint density at radius 2 is 1.78 bits per heavy atom. The second kappa shape index (κ2) is 7.02. The van der Waals surface area contributed by atoms with E-state index >= 15 is 0 Å². The van der Waals surface area contributed by atoms with Crippen molar-refractivity contribution in [1.82, 2.24) is 0 Å². The van der Waals surface area contributed by atoms with Crippen molar-refractivity contribution in [3.63, 3.8) is 0 Å². The number of carbonyl (C=O) groups is 1. The molecule has 0 amide bonds. The summed E-state index contributed by atoms with van der Waals surface area (Å²) in [7, 11) is 0. The summed E-state index contributed by atoms with van der Waals surface area (Å²) >= 11 is 12.1. The maximum absolute atomic E-state index is 13.0. The minimum absolute atomic E-state index is 0.0810. The number of rotatable bonds is 3. The molecule has 0 spiro atoms. The van der Waals surface area contributed by atoms with Crippen LogP contribution in [0.15, 0.2) is 69.7 Å². The van der Waals surface area contributed by atoms with Crippen molar-refractivity contribution < 1.29 is 18.3 Å². The van der Waals surface area contributed by atoms with Crippen LogP contribution in [0, 0.1) is 5.82 Å². The summed E-state index contributed by atoms with van der Waals surface area (Å²) in [6.45, 7) is 0. The highest BCUT2D eigenvalue weighted by Gasteiger charge is 2.24. The van der Waals surface area contributed by atoms with Crippen molar-refractivity contribution in [2.75, 3.05) is 0 Å². The third-order valence-electron chi connectivity index (χ3n) is 3.81. The molecule has 0 atom stereocenters. The lowest BCUT2D eigenvalue weighted by molar-refractivity contribution is -0.129. The molecule has 0 unspecified atom stereocenters. The molecule has 0 saturated heterocycles. The first-order chi connectivity index (χ1) is 13.0. The summed E-state index contributed by atoms with van der Waals surface area (Å²) in [6, 6.07) is 14.0. The molecule has 0 fully saturated rings.